The van der Waals surface area contributed by atoms with Gasteiger partial charge in [-0.3, -0.25) is 5.10 Å². The highest BCUT2D eigenvalue weighted by Gasteiger charge is 2.29. The molecule has 1 saturated carbocycles. The number of rotatable bonds is 2. The topological polar surface area (TPSA) is 40.7 Å². The normalized spacial score (nSPS) is 25.6. The van der Waals surface area contributed by atoms with Crippen LogP contribution >= 0.6 is 0 Å². The Morgan fingerprint density at radius 1 is 1.12 bits per heavy atom. The van der Waals surface area contributed by atoms with Crippen LogP contribution in [0.25, 0.3) is 0 Å². The van der Waals surface area contributed by atoms with E-state index in [1.165, 1.54) is 62.6 Å². The van der Waals surface area contributed by atoms with Gasteiger partial charge < -0.3 is 5.32 Å². The lowest BCUT2D eigenvalue weighted by molar-refractivity contribution is 0.227. The average Bonchev–Trinajstić information content (AvgIpc) is 2.81. The number of aromatic amines is 1. The first-order chi connectivity index (χ1) is 8.38. The highest BCUT2D eigenvalue weighted by atomic mass is 15.2. The first-order valence-electron chi connectivity index (χ1n) is 7.12. The lowest BCUT2D eigenvalue weighted by atomic mass is 9.73. The fourth-order valence-electron chi connectivity index (χ4n) is 3.74. The van der Waals surface area contributed by atoms with Gasteiger partial charge in [0.25, 0.3) is 0 Å². The maximum atomic E-state index is 4.36. The van der Waals surface area contributed by atoms with E-state index >= 15 is 0 Å². The fraction of sp³-hybridized carbons (Fsp3) is 0.786. The highest BCUT2D eigenvalue weighted by Crippen LogP contribution is 2.38. The molecule has 94 valence electrons. The molecule has 3 nitrogen and oxygen atoms in total. The van der Waals surface area contributed by atoms with Gasteiger partial charge in [-0.1, -0.05) is 32.1 Å². The van der Waals surface area contributed by atoms with Crippen molar-refractivity contribution in [1.29, 1.82) is 0 Å². The zero-order valence-corrected chi connectivity index (χ0v) is 10.8. The maximum absolute atomic E-state index is 4.36. The van der Waals surface area contributed by atoms with Gasteiger partial charge in [-0.25, -0.2) is 0 Å². The largest absolute Gasteiger partial charge is 0.371 e. The van der Waals surface area contributed by atoms with E-state index in [-0.39, 0.29) is 0 Å². The van der Waals surface area contributed by atoms with E-state index in [1.807, 2.05) is 7.05 Å². The lowest BCUT2D eigenvalue weighted by Crippen LogP contribution is -2.24. The lowest BCUT2D eigenvalue weighted by Gasteiger charge is -2.32. The zero-order chi connectivity index (χ0) is 11.7. The highest BCUT2D eigenvalue weighted by molar-refractivity contribution is 5.47. The van der Waals surface area contributed by atoms with Crippen LogP contribution in [0.3, 0.4) is 0 Å². The molecule has 0 aromatic carbocycles. The molecular weight excluding hydrogens is 210 g/mol. The Morgan fingerprint density at radius 3 is 2.71 bits per heavy atom. The number of nitrogens with zero attached hydrogens (tertiary/aromatic N) is 1. The number of fused-ring (bicyclic) bond motifs is 1. The monoisotopic (exact) mass is 233 g/mol. The van der Waals surface area contributed by atoms with Gasteiger partial charge in [0, 0.05) is 18.3 Å². The first kappa shape index (κ1) is 11.1. The molecule has 3 heteroatoms. The number of aromatic nitrogens is 2. The van der Waals surface area contributed by atoms with Crippen molar-refractivity contribution in [2.45, 2.75) is 51.4 Å². The zero-order valence-electron chi connectivity index (χ0n) is 10.8. The molecular formula is C14H23N3. The minimum atomic E-state index is 0.910. The molecule has 0 radical (unpaired) electrons. The molecule has 1 heterocycles. The van der Waals surface area contributed by atoms with Crippen LogP contribution in [0.15, 0.2) is 0 Å². The van der Waals surface area contributed by atoms with Crippen LogP contribution in [0, 0.1) is 11.8 Å². The molecule has 1 aromatic rings. The molecule has 0 bridgehead atoms. The van der Waals surface area contributed by atoms with Gasteiger partial charge in [0.15, 0.2) is 5.82 Å². The molecule has 2 N–H and O–H groups in total. The van der Waals surface area contributed by atoms with Crippen LogP contribution < -0.4 is 5.32 Å². The van der Waals surface area contributed by atoms with Crippen molar-refractivity contribution in [1.82, 2.24) is 10.2 Å². The summed E-state index contributed by atoms with van der Waals surface area (Å²) in [5, 5.41) is 10.8. The second-order valence-corrected chi connectivity index (χ2v) is 5.68. The quantitative estimate of drug-likeness (QED) is 0.824. The minimum absolute atomic E-state index is 0.910. The molecule has 0 aliphatic heterocycles. The van der Waals surface area contributed by atoms with Crippen LogP contribution in [-0.4, -0.2) is 17.2 Å². The summed E-state index contributed by atoms with van der Waals surface area (Å²) in [5.74, 6) is 2.98. The van der Waals surface area contributed by atoms with Crippen molar-refractivity contribution < 1.29 is 0 Å². The Bertz CT molecular complexity index is 363. The maximum Gasteiger partial charge on any atom is 0.151 e. The second kappa shape index (κ2) is 4.71. The summed E-state index contributed by atoms with van der Waals surface area (Å²) >= 11 is 0. The van der Waals surface area contributed by atoms with Crippen LogP contribution in [0.1, 0.15) is 49.8 Å². The third-order valence-corrected chi connectivity index (χ3v) is 4.74. The number of aryl methyl sites for hydroxylation is 1. The van der Waals surface area contributed by atoms with Crippen molar-refractivity contribution in [3.05, 3.63) is 11.3 Å². The Balaban J connectivity index is 1.74. The van der Waals surface area contributed by atoms with E-state index in [0.29, 0.717) is 0 Å². The number of nitrogens with one attached hydrogen (secondary N) is 2. The van der Waals surface area contributed by atoms with E-state index < -0.39 is 0 Å². The predicted molar refractivity (Wildman–Crippen MR) is 70.2 cm³/mol. The van der Waals surface area contributed by atoms with Gasteiger partial charge in [0.2, 0.25) is 0 Å². The molecule has 3 rings (SSSR count). The Morgan fingerprint density at radius 2 is 1.94 bits per heavy atom. The van der Waals surface area contributed by atoms with Crippen LogP contribution in [0.4, 0.5) is 5.82 Å². The van der Waals surface area contributed by atoms with Crippen LogP contribution in [0.2, 0.25) is 0 Å². The summed E-state index contributed by atoms with van der Waals surface area (Å²) < 4.78 is 0. The Hall–Kier alpha value is -0.990. The summed E-state index contributed by atoms with van der Waals surface area (Å²) in [7, 11) is 1.97. The van der Waals surface area contributed by atoms with E-state index in [1.54, 1.807) is 0 Å². The molecule has 1 unspecified atom stereocenters. The van der Waals surface area contributed by atoms with Crippen molar-refractivity contribution in [3.63, 3.8) is 0 Å². The van der Waals surface area contributed by atoms with Crippen LogP contribution in [-0.2, 0) is 12.8 Å². The Labute approximate surface area is 103 Å². The second-order valence-electron chi connectivity index (χ2n) is 5.68. The van der Waals surface area contributed by atoms with E-state index in [2.05, 4.69) is 15.5 Å². The first-order valence-corrected chi connectivity index (χ1v) is 7.12. The smallest absolute Gasteiger partial charge is 0.151 e. The number of hydrogen-bond donors (Lipinski definition) is 2. The van der Waals surface area contributed by atoms with Gasteiger partial charge in [0.1, 0.15) is 0 Å². The van der Waals surface area contributed by atoms with Gasteiger partial charge in [-0.05, 0) is 31.1 Å². The van der Waals surface area contributed by atoms with E-state index in [4.69, 9.17) is 0 Å². The van der Waals surface area contributed by atoms with Gasteiger partial charge in [-0.2, -0.15) is 5.10 Å². The fourth-order valence-corrected chi connectivity index (χ4v) is 3.74. The van der Waals surface area contributed by atoms with Crippen molar-refractivity contribution in [2.24, 2.45) is 11.8 Å². The SMILES string of the molecule is CNc1n[nH]c2c1CC(C1CCCCC1)CC2. The van der Waals surface area contributed by atoms with Crippen LogP contribution in [0.5, 0.6) is 0 Å². The third-order valence-electron chi connectivity index (χ3n) is 4.74. The molecule has 2 aliphatic rings. The molecule has 1 atom stereocenters. The van der Waals surface area contributed by atoms with Crippen molar-refractivity contribution in [3.8, 4) is 0 Å². The van der Waals surface area contributed by atoms with Gasteiger partial charge in [-0.15, -0.1) is 0 Å². The summed E-state index contributed by atoms with van der Waals surface area (Å²) in [5.41, 5.74) is 2.84. The molecule has 1 fully saturated rings. The number of hydrogen-bond acceptors (Lipinski definition) is 2. The minimum Gasteiger partial charge on any atom is -0.371 e. The standard InChI is InChI=1S/C14H23N3/c1-15-14-12-9-11(7-8-13(12)16-17-14)10-5-3-2-4-6-10/h10-11H,2-9H2,1H3,(H2,15,16,17). The molecule has 0 saturated heterocycles. The summed E-state index contributed by atoms with van der Waals surface area (Å²) in [6.45, 7) is 0. The van der Waals surface area contributed by atoms with Gasteiger partial charge >= 0.3 is 0 Å². The summed E-state index contributed by atoms with van der Waals surface area (Å²) in [4.78, 5) is 0. The predicted octanol–water partition coefficient (Wildman–Crippen LogP) is 3.14. The average molecular weight is 233 g/mol. The van der Waals surface area contributed by atoms with E-state index in [9.17, 15) is 0 Å². The summed E-state index contributed by atoms with van der Waals surface area (Å²) in [6, 6.07) is 0. The molecule has 1 aromatic heterocycles. The third kappa shape index (κ3) is 2.07. The molecule has 17 heavy (non-hydrogen) atoms. The van der Waals surface area contributed by atoms with E-state index in [0.717, 1.165) is 17.7 Å². The molecule has 2 aliphatic carbocycles. The molecule has 0 amide bonds. The summed E-state index contributed by atoms with van der Waals surface area (Å²) in [6.07, 6.45) is 11.1. The Kier molecular flexibility index (Phi) is 3.08. The number of anilines is 1. The van der Waals surface area contributed by atoms with Gasteiger partial charge in [0.05, 0.1) is 0 Å². The molecule has 0 spiro atoms. The number of H-pyrrole nitrogens is 1. The van der Waals surface area contributed by atoms with Crippen molar-refractivity contribution >= 4 is 5.82 Å². The van der Waals surface area contributed by atoms with Crippen molar-refractivity contribution in [2.75, 3.05) is 12.4 Å².